The number of imide groups is 2. The fourth-order valence-electron chi connectivity index (χ4n) is 6.96. The number of hydrogen-bond donors (Lipinski definition) is 3. The lowest BCUT2D eigenvalue weighted by molar-refractivity contribution is 0.0432. The Balaban J connectivity index is 0.983. The van der Waals surface area contributed by atoms with Gasteiger partial charge in [0.25, 0.3) is 23.6 Å². The van der Waals surface area contributed by atoms with Gasteiger partial charge < -0.3 is 24.8 Å². The summed E-state index contributed by atoms with van der Waals surface area (Å²) in [6.07, 6.45) is 0.412. The van der Waals surface area contributed by atoms with E-state index < -0.39 is 92.1 Å². The number of aliphatic hydroxyl groups is 3. The summed E-state index contributed by atoms with van der Waals surface area (Å²) in [6.45, 7) is -3.51. The van der Waals surface area contributed by atoms with Crippen molar-refractivity contribution < 1.29 is 53.6 Å². The average molecular weight is 834 g/mol. The molecule has 0 unspecified atom stereocenters. The number of aliphatic hydroxyl groups excluding tert-OH is 3. The molecule has 1 aromatic heterocycles. The summed E-state index contributed by atoms with van der Waals surface area (Å²) >= 11 is 0. The molecule has 0 saturated carbocycles. The van der Waals surface area contributed by atoms with Crippen molar-refractivity contribution in [2.45, 2.75) is 26.1 Å². The molecule has 0 bridgehead atoms. The second-order valence-corrected chi connectivity index (χ2v) is 13.7. The fourth-order valence-corrected chi connectivity index (χ4v) is 6.96. The minimum Gasteiger partial charge on any atom is -0.460 e. The highest BCUT2D eigenvalue weighted by atomic mass is 16.5. The summed E-state index contributed by atoms with van der Waals surface area (Å²) in [5.74, 6) is -4.13. The van der Waals surface area contributed by atoms with Crippen molar-refractivity contribution in [2.24, 2.45) is 0 Å². The van der Waals surface area contributed by atoms with Crippen molar-refractivity contribution in [3.05, 3.63) is 161 Å². The van der Waals surface area contributed by atoms with Gasteiger partial charge in [-0.2, -0.15) is 0 Å². The molecular weight excluding hydrogens is 798 g/mol. The van der Waals surface area contributed by atoms with E-state index in [9.17, 15) is 53.4 Å². The number of hydrogen-bond acceptors (Lipinski definition) is 14. The second-order valence-electron chi connectivity index (χ2n) is 13.7. The Labute approximate surface area is 343 Å². The van der Waals surface area contributed by atoms with Gasteiger partial charge in [0.2, 0.25) is 0 Å². The molecule has 19 nitrogen and oxygen atoms in total. The van der Waals surface area contributed by atoms with Crippen LogP contribution < -0.4 is 26.9 Å². The van der Waals surface area contributed by atoms with Gasteiger partial charge in [0.15, 0.2) is 0 Å². The molecule has 3 heterocycles. The van der Waals surface area contributed by atoms with Crippen LogP contribution in [0.2, 0.25) is 0 Å². The molecule has 4 amide bonds. The maximum atomic E-state index is 13.5. The van der Waals surface area contributed by atoms with E-state index in [-0.39, 0.29) is 52.3 Å². The van der Waals surface area contributed by atoms with Crippen LogP contribution in [0.25, 0.3) is 0 Å². The van der Waals surface area contributed by atoms with E-state index in [0.29, 0.717) is 25.8 Å². The minimum absolute atomic E-state index is 0.0481. The molecule has 4 aromatic carbocycles. The van der Waals surface area contributed by atoms with Crippen molar-refractivity contribution in [3.8, 4) is 0 Å². The van der Waals surface area contributed by atoms with Crippen LogP contribution >= 0.6 is 0 Å². The van der Waals surface area contributed by atoms with Gasteiger partial charge in [-0.15, -0.1) is 0 Å². The number of carbonyl (C=O) groups is 6. The third-order valence-corrected chi connectivity index (χ3v) is 9.95. The number of nitrogens with zero attached hydrogens (tertiary/aromatic N) is 5. The van der Waals surface area contributed by atoms with Crippen LogP contribution in [0, 0.1) is 0 Å². The lowest BCUT2D eigenvalue weighted by Gasteiger charge is -2.15. The molecule has 19 heteroatoms. The maximum absolute atomic E-state index is 13.5. The molecule has 2 aliphatic rings. The van der Waals surface area contributed by atoms with Gasteiger partial charge in [0.05, 0.1) is 84.2 Å². The topological polar surface area (TPSA) is 254 Å². The molecule has 61 heavy (non-hydrogen) atoms. The number of benzene rings is 4. The Bertz CT molecular complexity index is 2760. The second kappa shape index (κ2) is 17.3. The summed E-state index contributed by atoms with van der Waals surface area (Å²) in [6, 6.07) is 21.2. The number of anilines is 2. The van der Waals surface area contributed by atoms with Gasteiger partial charge >= 0.3 is 29.0 Å². The minimum atomic E-state index is -1.04. The SMILES string of the molecule is O=C(OCCO)c1ccc2c(c1)C(=O)N(c1ccc(Cc3ccc(N4C(=O)c5ccc(C(=O)OCCn6c(=O)n(CCO)c(=O)n(CCO)c6=O)cc5C4=O)cc3)cc1)C2=O. The number of rotatable bonds is 15. The van der Waals surface area contributed by atoms with Crippen LogP contribution in [-0.4, -0.2) is 97.6 Å². The lowest BCUT2D eigenvalue weighted by atomic mass is 10.0. The first-order chi connectivity index (χ1) is 29.4. The van der Waals surface area contributed by atoms with Gasteiger partial charge in [-0.05, 0) is 78.2 Å². The molecule has 0 aliphatic carbocycles. The molecule has 2 aliphatic heterocycles. The Morgan fingerprint density at radius 3 is 1.21 bits per heavy atom. The van der Waals surface area contributed by atoms with Gasteiger partial charge in [-0.1, -0.05) is 24.3 Å². The standard InChI is InChI=1S/C42H35N5O14/c48-16-13-43-40(57)44(14-17-49)42(59)45(41(43)58)15-19-60-38(55)26-5-11-30-32(22-26)36(53)46(34(30)51)28-7-1-24(2-8-28)21-25-3-9-29(10-4-25)47-35(52)31-12-6-27(23-33(31)37(47)54)39(56)61-20-18-50/h1-12,22-23,48-50H,13-21H2. The predicted molar refractivity (Wildman–Crippen MR) is 212 cm³/mol. The highest BCUT2D eigenvalue weighted by Gasteiger charge is 2.38. The van der Waals surface area contributed by atoms with Crippen LogP contribution in [0.4, 0.5) is 11.4 Å². The number of ether oxygens (including phenoxy) is 2. The first-order valence-corrected chi connectivity index (χ1v) is 18.7. The predicted octanol–water partition coefficient (Wildman–Crippen LogP) is 0.354. The molecule has 5 aromatic rings. The first kappa shape index (κ1) is 41.5. The number of carbonyl (C=O) groups excluding carboxylic acids is 6. The van der Waals surface area contributed by atoms with E-state index in [1.54, 1.807) is 48.5 Å². The monoisotopic (exact) mass is 833 g/mol. The largest absolute Gasteiger partial charge is 0.460 e. The summed E-state index contributed by atoms with van der Waals surface area (Å²) in [5, 5.41) is 27.4. The zero-order chi connectivity index (χ0) is 43.5. The molecule has 312 valence electrons. The molecule has 0 atom stereocenters. The summed E-state index contributed by atoms with van der Waals surface area (Å²) < 4.78 is 12.0. The Kier molecular flexibility index (Phi) is 11.8. The third-order valence-electron chi connectivity index (χ3n) is 9.95. The van der Waals surface area contributed by atoms with Gasteiger partial charge in [-0.25, -0.2) is 47.5 Å². The maximum Gasteiger partial charge on any atom is 0.338 e. The van der Waals surface area contributed by atoms with E-state index in [1.165, 1.54) is 36.4 Å². The molecule has 3 N–H and O–H groups in total. The van der Waals surface area contributed by atoms with Crippen LogP contribution in [0.1, 0.15) is 73.3 Å². The van der Waals surface area contributed by atoms with E-state index in [2.05, 4.69) is 0 Å². The molecule has 0 radical (unpaired) electrons. The Morgan fingerprint density at radius 2 is 0.820 bits per heavy atom. The normalized spacial score (nSPS) is 13.2. The van der Waals surface area contributed by atoms with E-state index in [0.717, 1.165) is 20.9 Å². The van der Waals surface area contributed by atoms with Crippen LogP contribution in [0.15, 0.2) is 99.3 Å². The zero-order valence-corrected chi connectivity index (χ0v) is 32.0. The highest BCUT2D eigenvalue weighted by molar-refractivity contribution is 6.35. The fraction of sp³-hybridized carbons (Fsp3) is 0.214. The van der Waals surface area contributed by atoms with E-state index in [1.807, 2.05) is 0 Å². The highest BCUT2D eigenvalue weighted by Crippen LogP contribution is 2.32. The van der Waals surface area contributed by atoms with Crippen molar-refractivity contribution in [3.63, 3.8) is 0 Å². The van der Waals surface area contributed by atoms with Crippen molar-refractivity contribution in [1.29, 1.82) is 0 Å². The van der Waals surface area contributed by atoms with Crippen LogP contribution in [-0.2, 0) is 35.5 Å². The van der Waals surface area contributed by atoms with Crippen molar-refractivity contribution in [2.75, 3.05) is 42.8 Å². The summed E-state index contributed by atoms with van der Waals surface area (Å²) in [5.41, 5.74) is -0.728. The summed E-state index contributed by atoms with van der Waals surface area (Å²) in [4.78, 5) is 118. The molecule has 7 rings (SSSR count). The smallest absolute Gasteiger partial charge is 0.338 e. The van der Waals surface area contributed by atoms with E-state index in [4.69, 9.17) is 14.6 Å². The average Bonchev–Trinajstić information content (AvgIpc) is 3.67. The van der Waals surface area contributed by atoms with Crippen LogP contribution in [0.5, 0.6) is 0 Å². The quantitative estimate of drug-likeness (QED) is 0.0952. The molecule has 0 saturated heterocycles. The number of esters is 2. The molecular formula is C42H35N5O14. The van der Waals surface area contributed by atoms with Crippen molar-refractivity contribution in [1.82, 2.24) is 13.7 Å². The van der Waals surface area contributed by atoms with E-state index >= 15 is 0 Å². The molecule has 0 spiro atoms. The lowest BCUT2D eigenvalue weighted by Crippen LogP contribution is -2.55. The molecule has 0 fully saturated rings. The zero-order valence-electron chi connectivity index (χ0n) is 32.0. The van der Waals surface area contributed by atoms with Gasteiger partial charge in [-0.3, -0.25) is 19.2 Å². The Hall–Kier alpha value is -7.61. The number of aromatic nitrogens is 3. The van der Waals surface area contributed by atoms with Crippen LogP contribution in [0.3, 0.4) is 0 Å². The first-order valence-electron chi connectivity index (χ1n) is 18.7. The van der Waals surface area contributed by atoms with Gasteiger partial charge in [0.1, 0.15) is 13.2 Å². The Morgan fingerprint density at radius 1 is 0.443 bits per heavy atom. The van der Waals surface area contributed by atoms with Crippen molar-refractivity contribution >= 4 is 46.9 Å². The summed E-state index contributed by atoms with van der Waals surface area (Å²) in [7, 11) is 0. The number of fused-ring (bicyclic) bond motifs is 2. The van der Waals surface area contributed by atoms with Gasteiger partial charge in [0, 0.05) is 0 Å². The number of amides is 4. The third kappa shape index (κ3) is 7.82.